The highest BCUT2D eigenvalue weighted by Gasteiger charge is 2.31. The van der Waals surface area contributed by atoms with Crippen LogP contribution in [0, 0.1) is 5.41 Å². The van der Waals surface area contributed by atoms with Crippen LogP contribution in [-0.2, 0) is 6.54 Å². The summed E-state index contributed by atoms with van der Waals surface area (Å²) in [6, 6.07) is 0.439. The second kappa shape index (κ2) is 5.65. The van der Waals surface area contributed by atoms with Crippen molar-refractivity contribution in [3.63, 3.8) is 0 Å². The van der Waals surface area contributed by atoms with Gasteiger partial charge in [-0.25, -0.2) is 4.68 Å². The standard InChI is InChI=1S/C14H22BrN3O/c1-4-7-18-13(19)12(15)11(9-16-18)17-10-5-6-14(2,3)8-10/h9-10,17H,4-8H2,1-3H3. The number of anilines is 1. The van der Waals surface area contributed by atoms with Crippen molar-refractivity contribution < 1.29 is 0 Å². The van der Waals surface area contributed by atoms with E-state index in [1.807, 2.05) is 6.92 Å². The number of nitrogens with zero attached hydrogens (tertiary/aromatic N) is 2. The molecule has 0 radical (unpaired) electrons. The van der Waals surface area contributed by atoms with E-state index >= 15 is 0 Å². The third-order valence-electron chi connectivity index (χ3n) is 3.75. The van der Waals surface area contributed by atoms with Gasteiger partial charge < -0.3 is 5.32 Å². The second-order valence-corrected chi connectivity index (χ2v) is 6.94. The van der Waals surface area contributed by atoms with Gasteiger partial charge in [-0.1, -0.05) is 20.8 Å². The van der Waals surface area contributed by atoms with E-state index in [0.717, 1.165) is 24.9 Å². The molecule has 1 atom stereocenters. The number of hydrogen-bond donors (Lipinski definition) is 1. The van der Waals surface area contributed by atoms with E-state index in [9.17, 15) is 4.79 Å². The summed E-state index contributed by atoms with van der Waals surface area (Å²) in [7, 11) is 0. The maximum Gasteiger partial charge on any atom is 0.283 e. The van der Waals surface area contributed by atoms with E-state index in [1.54, 1.807) is 6.20 Å². The molecule has 0 aliphatic heterocycles. The van der Waals surface area contributed by atoms with Crippen molar-refractivity contribution >= 4 is 21.6 Å². The van der Waals surface area contributed by atoms with E-state index in [-0.39, 0.29) is 5.56 Å². The number of aromatic nitrogens is 2. The Kier molecular flexibility index (Phi) is 4.33. The van der Waals surface area contributed by atoms with Gasteiger partial charge in [-0.2, -0.15) is 5.10 Å². The minimum atomic E-state index is -0.0518. The average molecular weight is 328 g/mol. The van der Waals surface area contributed by atoms with Crippen LogP contribution < -0.4 is 10.9 Å². The first kappa shape index (κ1) is 14.6. The van der Waals surface area contributed by atoms with Crippen molar-refractivity contribution in [3.05, 3.63) is 21.0 Å². The van der Waals surface area contributed by atoms with Crippen LogP contribution in [0.15, 0.2) is 15.5 Å². The van der Waals surface area contributed by atoms with E-state index in [2.05, 4.69) is 40.2 Å². The van der Waals surface area contributed by atoms with Crippen LogP contribution in [0.1, 0.15) is 46.5 Å². The molecule has 1 saturated carbocycles. The van der Waals surface area contributed by atoms with Crippen molar-refractivity contribution in [3.8, 4) is 0 Å². The van der Waals surface area contributed by atoms with Crippen LogP contribution in [-0.4, -0.2) is 15.8 Å². The summed E-state index contributed by atoms with van der Waals surface area (Å²) in [5.74, 6) is 0. The number of halogens is 1. The van der Waals surface area contributed by atoms with Crippen molar-refractivity contribution in [2.75, 3.05) is 5.32 Å². The minimum Gasteiger partial charge on any atom is -0.380 e. The molecule has 2 rings (SSSR count). The zero-order valence-electron chi connectivity index (χ0n) is 11.9. The minimum absolute atomic E-state index is 0.0518. The molecule has 0 aromatic carbocycles. The predicted octanol–water partition coefficient (Wildman–Crippen LogP) is 3.41. The number of aryl methyl sites for hydroxylation is 1. The summed E-state index contributed by atoms with van der Waals surface area (Å²) in [6.07, 6.45) is 6.17. The summed E-state index contributed by atoms with van der Waals surface area (Å²) in [6.45, 7) is 7.28. The van der Waals surface area contributed by atoms with Gasteiger partial charge in [-0.05, 0) is 47.0 Å². The summed E-state index contributed by atoms with van der Waals surface area (Å²) in [5.41, 5.74) is 1.17. The van der Waals surface area contributed by atoms with Gasteiger partial charge >= 0.3 is 0 Å². The molecule has 1 unspecified atom stereocenters. The SMILES string of the molecule is CCCn1ncc(NC2CCC(C)(C)C2)c(Br)c1=O. The topological polar surface area (TPSA) is 46.9 Å². The fraction of sp³-hybridized carbons (Fsp3) is 0.714. The fourth-order valence-electron chi connectivity index (χ4n) is 2.72. The van der Waals surface area contributed by atoms with E-state index < -0.39 is 0 Å². The molecule has 0 amide bonds. The van der Waals surface area contributed by atoms with Crippen LogP contribution in [0.2, 0.25) is 0 Å². The highest BCUT2D eigenvalue weighted by molar-refractivity contribution is 9.10. The molecular weight excluding hydrogens is 306 g/mol. The molecule has 1 heterocycles. The molecule has 1 aromatic heterocycles. The highest BCUT2D eigenvalue weighted by atomic mass is 79.9. The van der Waals surface area contributed by atoms with Gasteiger partial charge in [0.25, 0.3) is 5.56 Å². The lowest BCUT2D eigenvalue weighted by Crippen LogP contribution is -2.26. The number of rotatable bonds is 4. The molecule has 1 aromatic rings. The summed E-state index contributed by atoms with van der Waals surface area (Å²) >= 11 is 3.40. The van der Waals surface area contributed by atoms with Crippen LogP contribution in [0.25, 0.3) is 0 Å². The lowest BCUT2D eigenvalue weighted by molar-refractivity contribution is 0.378. The number of nitrogens with one attached hydrogen (secondary N) is 1. The Morgan fingerprint density at radius 2 is 2.32 bits per heavy atom. The van der Waals surface area contributed by atoms with Gasteiger partial charge in [0.1, 0.15) is 4.47 Å². The zero-order chi connectivity index (χ0) is 14.0. The van der Waals surface area contributed by atoms with Crippen molar-refractivity contribution in [2.24, 2.45) is 5.41 Å². The van der Waals surface area contributed by atoms with Crippen molar-refractivity contribution in [1.29, 1.82) is 0 Å². The van der Waals surface area contributed by atoms with Crippen molar-refractivity contribution in [1.82, 2.24) is 9.78 Å². The Morgan fingerprint density at radius 3 is 2.89 bits per heavy atom. The fourth-order valence-corrected chi connectivity index (χ4v) is 3.14. The molecule has 4 nitrogen and oxygen atoms in total. The van der Waals surface area contributed by atoms with Crippen LogP contribution >= 0.6 is 15.9 Å². The second-order valence-electron chi connectivity index (χ2n) is 6.15. The molecule has 1 fully saturated rings. The van der Waals surface area contributed by atoms with E-state index in [4.69, 9.17) is 0 Å². The normalized spacial score (nSPS) is 21.6. The van der Waals surface area contributed by atoms with Gasteiger partial charge in [0, 0.05) is 12.6 Å². The first-order chi connectivity index (χ1) is 8.93. The molecule has 106 valence electrons. The molecule has 1 aliphatic carbocycles. The van der Waals surface area contributed by atoms with Gasteiger partial charge in [-0.3, -0.25) is 4.79 Å². The summed E-state index contributed by atoms with van der Waals surface area (Å²) < 4.78 is 2.11. The first-order valence-corrected chi connectivity index (χ1v) is 7.74. The highest BCUT2D eigenvalue weighted by Crippen LogP contribution is 2.38. The van der Waals surface area contributed by atoms with Gasteiger partial charge in [0.05, 0.1) is 11.9 Å². The van der Waals surface area contributed by atoms with Gasteiger partial charge in [0.2, 0.25) is 0 Å². The molecule has 1 N–H and O–H groups in total. The smallest absolute Gasteiger partial charge is 0.283 e. The Bertz CT molecular complexity index is 510. The molecule has 0 saturated heterocycles. The molecular formula is C14H22BrN3O. The molecule has 0 bridgehead atoms. The van der Waals surface area contributed by atoms with E-state index in [0.29, 0.717) is 22.5 Å². The van der Waals surface area contributed by atoms with Gasteiger partial charge in [0.15, 0.2) is 0 Å². The van der Waals surface area contributed by atoms with Gasteiger partial charge in [-0.15, -0.1) is 0 Å². The van der Waals surface area contributed by atoms with Crippen molar-refractivity contribution in [2.45, 2.75) is 59.0 Å². The third kappa shape index (κ3) is 3.38. The predicted molar refractivity (Wildman–Crippen MR) is 81.5 cm³/mol. The maximum atomic E-state index is 12.1. The quantitative estimate of drug-likeness (QED) is 0.921. The molecule has 1 aliphatic rings. The summed E-state index contributed by atoms with van der Waals surface area (Å²) in [5, 5.41) is 7.67. The average Bonchev–Trinajstić information content (AvgIpc) is 2.69. The van der Waals surface area contributed by atoms with Crippen LogP contribution in [0.3, 0.4) is 0 Å². The Morgan fingerprint density at radius 1 is 1.58 bits per heavy atom. The lowest BCUT2D eigenvalue weighted by Gasteiger charge is -2.19. The monoisotopic (exact) mass is 327 g/mol. The molecule has 19 heavy (non-hydrogen) atoms. The maximum absolute atomic E-state index is 12.1. The summed E-state index contributed by atoms with van der Waals surface area (Å²) in [4.78, 5) is 12.1. The van der Waals surface area contributed by atoms with Crippen LogP contribution in [0.5, 0.6) is 0 Å². The largest absolute Gasteiger partial charge is 0.380 e. The first-order valence-electron chi connectivity index (χ1n) is 6.95. The molecule has 0 spiro atoms. The van der Waals surface area contributed by atoms with Crippen LogP contribution in [0.4, 0.5) is 5.69 Å². The van der Waals surface area contributed by atoms with E-state index in [1.165, 1.54) is 11.1 Å². The Balaban J connectivity index is 2.14. The molecule has 5 heteroatoms. The Hall–Kier alpha value is -0.840. The Labute approximate surface area is 122 Å². The lowest BCUT2D eigenvalue weighted by atomic mass is 9.92. The third-order valence-corrected chi connectivity index (χ3v) is 4.51. The zero-order valence-corrected chi connectivity index (χ0v) is 13.5. The number of hydrogen-bond acceptors (Lipinski definition) is 3.